The first-order chi connectivity index (χ1) is 10.6. The molecule has 114 valence electrons. The van der Waals surface area contributed by atoms with Crippen LogP contribution in [-0.4, -0.2) is 30.4 Å². The normalized spacial score (nSPS) is 25.2. The average molecular weight is 294 g/mol. The highest BCUT2D eigenvalue weighted by molar-refractivity contribution is 5.86. The summed E-state index contributed by atoms with van der Waals surface area (Å²) in [6.07, 6.45) is 0.683. The second-order valence-corrected chi connectivity index (χ2v) is 6.79. The number of piperidine rings is 1. The Bertz CT molecular complexity index is 664. The maximum Gasteiger partial charge on any atom is 0.151 e. The van der Waals surface area contributed by atoms with Gasteiger partial charge in [0.05, 0.1) is 32.5 Å². The second kappa shape index (κ2) is 6.05. The molecule has 0 radical (unpaired) electrons. The Balaban J connectivity index is 1.84. The van der Waals surface area contributed by atoms with Crippen molar-refractivity contribution in [1.82, 2.24) is 0 Å². The number of rotatable bonds is 3. The lowest BCUT2D eigenvalue weighted by molar-refractivity contribution is -0.925. The summed E-state index contributed by atoms with van der Waals surface area (Å²) in [6.45, 7) is 4.95. The van der Waals surface area contributed by atoms with Crippen molar-refractivity contribution in [3.05, 3.63) is 71.3 Å². The minimum absolute atomic E-state index is 0.0451. The standard InChI is InChI=1S/C20H24NO/c1-16-8-6-7-11-18(16)19-15-21(2,13-12-20(19)22)14-17-9-4-3-5-10-17/h3-11,19H,12-15H2,1-2H3/q+1. The first-order valence-electron chi connectivity index (χ1n) is 8.03. The van der Waals surface area contributed by atoms with Gasteiger partial charge in [-0.3, -0.25) is 4.79 Å². The van der Waals surface area contributed by atoms with E-state index in [1.54, 1.807) is 0 Å². The molecule has 2 heteroatoms. The number of likely N-dealkylation sites (tertiary alicyclic amines) is 1. The van der Waals surface area contributed by atoms with Crippen LogP contribution in [0.25, 0.3) is 0 Å². The number of carbonyl (C=O) groups excluding carboxylic acids is 1. The van der Waals surface area contributed by atoms with E-state index < -0.39 is 0 Å². The van der Waals surface area contributed by atoms with E-state index in [0.29, 0.717) is 12.2 Å². The molecule has 1 saturated heterocycles. The van der Waals surface area contributed by atoms with Crippen molar-refractivity contribution in [3.63, 3.8) is 0 Å². The smallest absolute Gasteiger partial charge is 0.151 e. The molecular weight excluding hydrogens is 270 g/mol. The minimum atomic E-state index is 0.0451. The van der Waals surface area contributed by atoms with Crippen LogP contribution in [0.1, 0.15) is 29.0 Å². The Hall–Kier alpha value is -1.93. The van der Waals surface area contributed by atoms with Gasteiger partial charge in [0.1, 0.15) is 6.54 Å². The maximum absolute atomic E-state index is 12.5. The SMILES string of the molecule is Cc1ccccc1C1C[N+](C)(Cc2ccccc2)CCC1=O. The topological polar surface area (TPSA) is 17.1 Å². The summed E-state index contributed by atoms with van der Waals surface area (Å²) >= 11 is 0. The number of Topliss-reactive ketones (excluding diaryl/α,β-unsaturated/α-hetero) is 1. The number of hydrogen-bond donors (Lipinski definition) is 0. The van der Waals surface area contributed by atoms with Crippen LogP contribution >= 0.6 is 0 Å². The highest BCUT2D eigenvalue weighted by atomic mass is 16.1. The number of benzene rings is 2. The number of ketones is 1. The molecule has 0 aromatic heterocycles. The molecule has 0 saturated carbocycles. The largest absolute Gasteiger partial charge is 0.321 e. The van der Waals surface area contributed by atoms with E-state index in [4.69, 9.17) is 0 Å². The van der Waals surface area contributed by atoms with Crippen LogP contribution in [-0.2, 0) is 11.3 Å². The predicted octanol–water partition coefficient (Wildman–Crippen LogP) is 3.70. The van der Waals surface area contributed by atoms with Crippen molar-refractivity contribution in [2.24, 2.45) is 0 Å². The molecule has 0 spiro atoms. The van der Waals surface area contributed by atoms with Gasteiger partial charge in [-0.1, -0.05) is 54.6 Å². The zero-order chi connectivity index (χ0) is 15.6. The molecule has 1 fully saturated rings. The molecule has 0 amide bonds. The molecule has 1 heterocycles. The van der Waals surface area contributed by atoms with Crippen molar-refractivity contribution in [2.75, 3.05) is 20.1 Å². The number of carbonyl (C=O) groups is 1. The lowest BCUT2D eigenvalue weighted by Gasteiger charge is -2.41. The van der Waals surface area contributed by atoms with E-state index >= 15 is 0 Å². The zero-order valence-corrected chi connectivity index (χ0v) is 13.5. The van der Waals surface area contributed by atoms with Gasteiger partial charge in [0.25, 0.3) is 0 Å². The van der Waals surface area contributed by atoms with Crippen molar-refractivity contribution in [3.8, 4) is 0 Å². The summed E-state index contributed by atoms with van der Waals surface area (Å²) in [6, 6.07) is 18.9. The van der Waals surface area contributed by atoms with Crippen LogP contribution in [0.3, 0.4) is 0 Å². The van der Waals surface area contributed by atoms with Crippen molar-refractivity contribution in [2.45, 2.75) is 25.8 Å². The number of nitrogens with zero attached hydrogens (tertiary/aromatic N) is 1. The van der Waals surface area contributed by atoms with E-state index in [2.05, 4.69) is 56.4 Å². The molecule has 2 nitrogen and oxygen atoms in total. The van der Waals surface area contributed by atoms with E-state index in [-0.39, 0.29) is 5.92 Å². The average Bonchev–Trinajstić information content (AvgIpc) is 2.52. The maximum atomic E-state index is 12.5. The second-order valence-electron chi connectivity index (χ2n) is 6.79. The third-order valence-electron chi connectivity index (χ3n) is 4.88. The zero-order valence-electron chi connectivity index (χ0n) is 13.5. The molecule has 0 N–H and O–H groups in total. The van der Waals surface area contributed by atoms with Gasteiger partial charge in [-0.25, -0.2) is 0 Å². The Morgan fingerprint density at radius 2 is 1.73 bits per heavy atom. The minimum Gasteiger partial charge on any atom is -0.321 e. The molecule has 2 aromatic rings. The highest BCUT2D eigenvalue weighted by Crippen LogP contribution is 2.30. The van der Waals surface area contributed by atoms with Crippen LogP contribution < -0.4 is 0 Å². The predicted molar refractivity (Wildman–Crippen MR) is 89.6 cm³/mol. The lowest BCUT2D eigenvalue weighted by Crippen LogP contribution is -2.52. The fourth-order valence-electron chi connectivity index (χ4n) is 3.61. The Morgan fingerprint density at radius 3 is 2.45 bits per heavy atom. The number of aryl methyl sites for hydroxylation is 1. The molecule has 22 heavy (non-hydrogen) atoms. The monoisotopic (exact) mass is 294 g/mol. The van der Waals surface area contributed by atoms with Crippen molar-refractivity contribution >= 4 is 5.78 Å². The van der Waals surface area contributed by atoms with Crippen LogP contribution in [0, 0.1) is 6.92 Å². The molecule has 2 unspecified atom stereocenters. The summed E-state index contributed by atoms with van der Waals surface area (Å²) in [4.78, 5) is 12.5. The molecule has 0 bridgehead atoms. The van der Waals surface area contributed by atoms with E-state index in [9.17, 15) is 4.79 Å². The van der Waals surface area contributed by atoms with Crippen molar-refractivity contribution < 1.29 is 9.28 Å². The lowest BCUT2D eigenvalue weighted by atomic mass is 9.85. The van der Waals surface area contributed by atoms with E-state index in [0.717, 1.165) is 24.1 Å². The first kappa shape index (κ1) is 15.0. The number of quaternary nitrogens is 1. The Kier molecular flexibility index (Phi) is 4.12. The molecule has 3 rings (SSSR count). The Labute approximate surface area is 133 Å². The summed E-state index contributed by atoms with van der Waals surface area (Å²) in [7, 11) is 2.28. The van der Waals surface area contributed by atoms with Gasteiger partial charge in [0.2, 0.25) is 0 Å². The first-order valence-corrected chi connectivity index (χ1v) is 8.03. The molecule has 1 aliphatic rings. The summed E-state index contributed by atoms with van der Waals surface area (Å²) in [5.74, 6) is 0.446. The Morgan fingerprint density at radius 1 is 1.05 bits per heavy atom. The number of hydrogen-bond acceptors (Lipinski definition) is 1. The summed E-state index contributed by atoms with van der Waals surface area (Å²) < 4.78 is 0.939. The molecule has 2 aromatic carbocycles. The van der Waals surface area contributed by atoms with Crippen LogP contribution in [0.5, 0.6) is 0 Å². The van der Waals surface area contributed by atoms with Gasteiger partial charge >= 0.3 is 0 Å². The summed E-state index contributed by atoms with van der Waals surface area (Å²) in [5.41, 5.74) is 3.79. The van der Waals surface area contributed by atoms with E-state index in [1.165, 1.54) is 16.7 Å². The summed E-state index contributed by atoms with van der Waals surface area (Å²) in [5, 5.41) is 0. The van der Waals surface area contributed by atoms with Crippen LogP contribution in [0.15, 0.2) is 54.6 Å². The fraction of sp³-hybridized carbons (Fsp3) is 0.350. The van der Waals surface area contributed by atoms with Crippen molar-refractivity contribution in [1.29, 1.82) is 0 Å². The van der Waals surface area contributed by atoms with Gasteiger partial charge in [0, 0.05) is 5.56 Å². The molecular formula is C20H24NO+. The van der Waals surface area contributed by atoms with Gasteiger partial charge in [-0.2, -0.15) is 0 Å². The van der Waals surface area contributed by atoms with Gasteiger partial charge in [-0.05, 0) is 18.1 Å². The molecule has 2 atom stereocenters. The molecule has 0 aliphatic carbocycles. The van der Waals surface area contributed by atoms with Gasteiger partial charge in [-0.15, -0.1) is 0 Å². The third-order valence-corrected chi connectivity index (χ3v) is 4.88. The van der Waals surface area contributed by atoms with Gasteiger partial charge < -0.3 is 4.48 Å². The van der Waals surface area contributed by atoms with Gasteiger partial charge in [0.15, 0.2) is 5.78 Å². The highest BCUT2D eigenvalue weighted by Gasteiger charge is 2.37. The van der Waals surface area contributed by atoms with E-state index in [1.807, 2.05) is 12.1 Å². The number of likely N-dealkylation sites (N-methyl/N-ethyl adjacent to an activating group) is 1. The molecule has 1 aliphatic heterocycles. The van der Waals surface area contributed by atoms with Crippen LogP contribution in [0.4, 0.5) is 0 Å². The quantitative estimate of drug-likeness (QED) is 0.789. The third kappa shape index (κ3) is 3.12. The van der Waals surface area contributed by atoms with Crippen LogP contribution in [0.2, 0.25) is 0 Å². The fourth-order valence-corrected chi connectivity index (χ4v) is 3.61.